The van der Waals surface area contributed by atoms with Crippen LogP contribution in [-0.4, -0.2) is 16.0 Å². The molecule has 0 spiro atoms. The Morgan fingerprint density at radius 1 is 1.27 bits per heavy atom. The van der Waals surface area contributed by atoms with Gasteiger partial charge < -0.3 is 15.7 Å². The van der Waals surface area contributed by atoms with Gasteiger partial charge >= 0.3 is 0 Å². The van der Waals surface area contributed by atoms with E-state index in [1.54, 1.807) is 12.1 Å². The summed E-state index contributed by atoms with van der Waals surface area (Å²) < 4.78 is 0. The topological polar surface area (TPSA) is 74.2 Å². The Morgan fingerprint density at radius 3 is 2.59 bits per heavy atom. The summed E-state index contributed by atoms with van der Waals surface area (Å²) >= 11 is 13.5. The minimum absolute atomic E-state index is 0.0201. The molecule has 0 radical (unpaired) electrons. The quantitative estimate of drug-likeness (QED) is 0.745. The highest BCUT2D eigenvalue weighted by Crippen LogP contribution is 2.36. The summed E-state index contributed by atoms with van der Waals surface area (Å²) in [5, 5.41) is 17.9. The number of rotatable bonds is 4. The Balaban J connectivity index is 1.81. The van der Waals surface area contributed by atoms with Crippen molar-refractivity contribution < 1.29 is 9.90 Å². The molecule has 5 nitrogen and oxygen atoms in total. The van der Waals surface area contributed by atoms with Gasteiger partial charge in [0, 0.05) is 5.92 Å². The molecule has 0 atom stereocenters. The number of hydrogen-bond donors (Lipinski definition) is 3. The smallest absolute Gasteiger partial charge is 0.227 e. The zero-order chi connectivity index (χ0) is 15.7. The molecule has 1 aliphatic rings. The molecule has 1 heterocycles. The Labute approximate surface area is 141 Å². The largest absolute Gasteiger partial charge is 0.493 e. The van der Waals surface area contributed by atoms with Crippen LogP contribution in [-0.2, 0) is 4.79 Å². The van der Waals surface area contributed by atoms with Crippen molar-refractivity contribution >= 4 is 57.0 Å². The second-order valence-electron chi connectivity index (χ2n) is 5.06. The minimum Gasteiger partial charge on any atom is -0.493 e. The van der Waals surface area contributed by atoms with E-state index in [1.807, 2.05) is 0 Å². The van der Waals surface area contributed by atoms with Crippen molar-refractivity contribution in [2.75, 3.05) is 10.6 Å². The molecule has 2 aromatic rings. The second kappa shape index (κ2) is 6.32. The van der Waals surface area contributed by atoms with Gasteiger partial charge in [-0.25, -0.2) is 0 Å². The Morgan fingerprint density at radius 2 is 2.00 bits per heavy atom. The normalized spacial score (nSPS) is 14.5. The summed E-state index contributed by atoms with van der Waals surface area (Å²) in [5.74, 6) is -0.0107. The molecule has 3 N–H and O–H groups in total. The number of anilines is 3. The molecule has 0 unspecified atom stereocenters. The first-order valence-corrected chi connectivity index (χ1v) is 8.38. The van der Waals surface area contributed by atoms with Crippen molar-refractivity contribution in [2.45, 2.75) is 19.3 Å². The second-order valence-corrected chi connectivity index (χ2v) is 6.74. The molecule has 1 saturated carbocycles. The molecule has 116 valence electrons. The molecule has 1 aromatic carbocycles. The zero-order valence-electron chi connectivity index (χ0n) is 11.4. The van der Waals surface area contributed by atoms with Gasteiger partial charge in [0.1, 0.15) is 0 Å². The van der Waals surface area contributed by atoms with E-state index in [2.05, 4.69) is 15.6 Å². The van der Waals surface area contributed by atoms with Crippen LogP contribution in [0, 0.1) is 5.92 Å². The lowest BCUT2D eigenvalue weighted by molar-refractivity contribution is -0.122. The molecule has 8 heteroatoms. The highest BCUT2D eigenvalue weighted by atomic mass is 35.5. The molecule has 0 aliphatic heterocycles. The van der Waals surface area contributed by atoms with Gasteiger partial charge in [-0.15, -0.1) is 11.3 Å². The molecule has 1 aliphatic carbocycles. The van der Waals surface area contributed by atoms with Crippen LogP contribution in [0.5, 0.6) is 5.88 Å². The standard InChI is InChI=1S/C14H13Cl2N3O2S/c15-8-4-9(16)11(18-14-19-12(20)6-22-14)5-10(8)17-13(21)7-2-1-3-7/h4-7,20H,1-3H2,(H,17,21)(H,18,19). The summed E-state index contributed by atoms with van der Waals surface area (Å²) in [6.07, 6.45) is 2.92. The highest BCUT2D eigenvalue weighted by molar-refractivity contribution is 7.14. The van der Waals surface area contributed by atoms with Crippen LogP contribution >= 0.6 is 34.5 Å². The number of carbonyl (C=O) groups excluding carboxylic acids is 1. The van der Waals surface area contributed by atoms with Crippen molar-refractivity contribution in [2.24, 2.45) is 5.92 Å². The van der Waals surface area contributed by atoms with E-state index in [1.165, 1.54) is 16.7 Å². The number of aromatic hydroxyl groups is 1. The van der Waals surface area contributed by atoms with Gasteiger partial charge in [0.15, 0.2) is 5.13 Å². The van der Waals surface area contributed by atoms with Gasteiger partial charge in [0.05, 0.1) is 26.8 Å². The molecule has 22 heavy (non-hydrogen) atoms. The third kappa shape index (κ3) is 3.29. The number of hydrogen-bond acceptors (Lipinski definition) is 5. The first-order chi connectivity index (χ1) is 10.5. The first kappa shape index (κ1) is 15.4. The van der Waals surface area contributed by atoms with E-state index >= 15 is 0 Å². The number of aromatic nitrogens is 1. The van der Waals surface area contributed by atoms with Crippen LogP contribution in [0.1, 0.15) is 19.3 Å². The van der Waals surface area contributed by atoms with E-state index in [0.717, 1.165) is 19.3 Å². The fourth-order valence-electron chi connectivity index (χ4n) is 2.08. The van der Waals surface area contributed by atoms with Crippen molar-refractivity contribution in [3.63, 3.8) is 0 Å². The Hall–Kier alpha value is -1.50. The number of nitrogens with zero attached hydrogens (tertiary/aromatic N) is 1. The number of carbonyl (C=O) groups is 1. The summed E-state index contributed by atoms with van der Waals surface area (Å²) in [6, 6.07) is 3.23. The van der Waals surface area contributed by atoms with Crippen molar-refractivity contribution in [3.8, 4) is 5.88 Å². The van der Waals surface area contributed by atoms with Gasteiger partial charge in [0.25, 0.3) is 0 Å². The maximum absolute atomic E-state index is 12.0. The fraction of sp³-hybridized carbons (Fsp3) is 0.286. The third-order valence-electron chi connectivity index (χ3n) is 3.52. The van der Waals surface area contributed by atoms with Crippen molar-refractivity contribution in [1.82, 2.24) is 4.98 Å². The van der Waals surface area contributed by atoms with Gasteiger partial charge in [-0.05, 0) is 25.0 Å². The molecule has 0 bridgehead atoms. The first-order valence-electron chi connectivity index (χ1n) is 6.74. The van der Waals surface area contributed by atoms with Crippen molar-refractivity contribution in [1.29, 1.82) is 0 Å². The van der Waals surface area contributed by atoms with Gasteiger partial charge in [-0.3, -0.25) is 4.79 Å². The predicted molar refractivity (Wildman–Crippen MR) is 89.5 cm³/mol. The minimum atomic E-state index is -0.0592. The SMILES string of the molecule is O=C(Nc1cc(Nc2nc(O)cs2)c(Cl)cc1Cl)C1CCC1. The number of benzene rings is 1. The lowest BCUT2D eigenvalue weighted by Gasteiger charge is -2.24. The van der Waals surface area contributed by atoms with Gasteiger partial charge in [-0.2, -0.15) is 4.98 Å². The molecule has 0 saturated heterocycles. The Bertz CT molecular complexity index is 716. The van der Waals surface area contributed by atoms with Crippen LogP contribution in [0.2, 0.25) is 10.0 Å². The van der Waals surface area contributed by atoms with Crippen LogP contribution in [0.25, 0.3) is 0 Å². The maximum atomic E-state index is 12.0. The molecule has 1 amide bonds. The van der Waals surface area contributed by atoms with E-state index < -0.39 is 0 Å². The average Bonchev–Trinajstić information content (AvgIpc) is 2.78. The average molecular weight is 358 g/mol. The molecular weight excluding hydrogens is 345 g/mol. The van der Waals surface area contributed by atoms with Crippen LogP contribution in [0.4, 0.5) is 16.5 Å². The molecule has 3 rings (SSSR count). The van der Waals surface area contributed by atoms with E-state index in [9.17, 15) is 9.90 Å². The number of amides is 1. The number of thiazole rings is 1. The molecule has 1 fully saturated rings. The fourth-order valence-corrected chi connectivity index (χ4v) is 3.15. The van der Waals surface area contributed by atoms with Gasteiger partial charge in [-0.1, -0.05) is 29.6 Å². The molecular formula is C14H13Cl2N3O2S. The van der Waals surface area contributed by atoms with E-state index in [0.29, 0.717) is 26.6 Å². The maximum Gasteiger partial charge on any atom is 0.227 e. The predicted octanol–water partition coefficient (Wildman–Crippen LogP) is 4.64. The van der Waals surface area contributed by atoms with Crippen molar-refractivity contribution in [3.05, 3.63) is 27.6 Å². The number of nitrogens with one attached hydrogen (secondary N) is 2. The Kier molecular flexibility index (Phi) is 4.42. The van der Waals surface area contributed by atoms with Crippen LogP contribution in [0.3, 0.4) is 0 Å². The summed E-state index contributed by atoms with van der Waals surface area (Å²) in [6.45, 7) is 0. The lowest BCUT2D eigenvalue weighted by atomic mass is 9.85. The van der Waals surface area contributed by atoms with E-state index in [-0.39, 0.29) is 17.7 Å². The monoisotopic (exact) mass is 357 g/mol. The van der Waals surface area contributed by atoms with Crippen LogP contribution < -0.4 is 10.6 Å². The summed E-state index contributed by atoms with van der Waals surface area (Å²) in [4.78, 5) is 15.9. The summed E-state index contributed by atoms with van der Waals surface area (Å²) in [7, 11) is 0. The lowest BCUT2D eigenvalue weighted by Crippen LogP contribution is -2.28. The number of halogens is 2. The highest BCUT2D eigenvalue weighted by Gasteiger charge is 2.25. The molecule has 1 aromatic heterocycles. The zero-order valence-corrected chi connectivity index (χ0v) is 13.7. The summed E-state index contributed by atoms with van der Waals surface area (Å²) in [5.41, 5.74) is 1.07. The van der Waals surface area contributed by atoms with Crippen LogP contribution in [0.15, 0.2) is 17.5 Å². The van der Waals surface area contributed by atoms with E-state index in [4.69, 9.17) is 23.2 Å². The van der Waals surface area contributed by atoms with Gasteiger partial charge in [0.2, 0.25) is 11.8 Å². The third-order valence-corrected chi connectivity index (χ3v) is 4.89.